The monoisotopic (exact) mass is 364 g/mol. The maximum atomic E-state index is 11.7. The molecule has 0 spiro atoms. The highest BCUT2D eigenvalue weighted by Crippen LogP contribution is 2.28. The zero-order valence-corrected chi connectivity index (χ0v) is 15.4. The SMILES string of the molecule is CNC(=O)c1cc(Oc2ccc3cc(NC4CCCCC4)[nH]c3c2)ccn1. The molecule has 1 saturated carbocycles. The van der Waals surface area contributed by atoms with E-state index in [1.165, 1.54) is 32.1 Å². The van der Waals surface area contributed by atoms with Crippen LogP contribution in [0, 0.1) is 0 Å². The summed E-state index contributed by atoms with van der Waals surface area (Å²) in [5.41, 5.74) is 1.35. The fourth-order valence-electron chi connectivity index (χ4n) is 3.58. The molecule has 1 aromatic carbocycles. The molecule has 0 bridgehead atoms. The van der Waals surface area contributed by atoms with Crippen molar-refractivity contribution >= 4 is 22.6 Å². The van der Waals surface area contributed by atoms with Crippen molar-refractivity contribution < 1.29 is 9.53 Å². The van der Waals surface area contributed by atoms with Gasteiger partial charge in [0.05, 0.1) is 5.52 Å². The zero-order valence-electron chi connectivity index (χ0n) is 15.4. The molecule has 0 radical (unpaired) electrons. The fraction of sp³-hybridized carbons (Fsp3) is 0.333. The van der Waals surface area contributed by atoms with Crippen molar-refractivity contribution in [1.29, 1.82) is 0 Å². The Balaban J connectivity index is 1.50. The van der Waals surface area contributed by atoms with Gasteiger partial charge in [0.25, 0.3) is 5.91 Å². The second-order valence-electron chi connectivity index (χ2n) is 6.97. The summed E-state index contributed by atoms with van der Waals surface area (Å²) in [6.45, 7) is 0. The molecule has 3 aromatic rings. The first kappa shape index (κ1) is 17.4. The molecule has 1 aliphatic carbocycles. The molecule has 6 nitrogen and oxygen atoms in total. The Morgan fingerprint density at radius 1 is 1.11 bits per heavy atom. The number of fused-ring (bicyclic) bond motifs is 1. The van der Waals surface area contributed by atoms with Crippen molar-refractivity contribution in [2.24, 2.45) is 0 Å². The van der Waals surface area contributed by atoms with Gasteiger partial charge in [0.1, 0.15) is 23.0 Å². The second kappa shape index (κ2) is 7.70. The first-order chi connectivity index (χ1) is 13.2. The minimum Gasteiger partial charge on any atom is -0.457 e. The summed E-state index contributed by atoms with van der Waals surface area (Å²) < 4.78 is 5.92. The molecule has 0 aliphatic heterocycles. The molecule has 2 heterocycles. The van der Waals surface area contributed by atoms with Gasteiger partial charge in [0.2, 0.25) is 0 Å². The molecule has 27 heavy (non-hydrogen) atoms. The third kappa shape index (κ3) is 4.05. The number of pyridine rings is 1. The maximum Gasteiger partial charge on any atom is 0.269 e. The van der Waals surface area contributed by atoms with E-state index in [1.54, 1.807) is 25.4 Å². The fourth-order valence-corrected chi connectivity index (χ4v) is 3.58. The average molecular weight is 364 g/mol. The molecule has 1 amide bonds. The quantitative estimate of drug-likeness (QED) is 0.624. The second-order valence-corrected chi connectivity index (χ2v) is 6.97. The topological polar surface area (TPSA) is 79.0 Å². The van der Waals surface area contributed by atoms with Gasteiger partial charge in [-0.1, -0.05) is 19.3 Å². The van der Waals surface area contributed by atoms with Crippen molar-refractivity contribution in [3.8, 4) is 11.5 Å². The van der Waals surface area contributed by atoms with Gasteiger partial charge in [0, 0.05) is 36.8 Å². The molecule has 6 heteroatoms. The molecule has 0 unspecified atom stereocenters. The van der Waals surface area contributed by atoms with E-state index in [1.807, 2.05) is 18.2 Å². The smallest absolute Gasteiger partial charge is 0.269 e. The minimum atomic E-state index is -0.237. The van der Waals surface area contributed by atoms with Gasteiger partial charge in [-0.15, -0.1) is 0 Å². The van der Waals surface area contributed by atoms with Crippen LogP contribution in [0.4, 0.5) is 5.82 Å². The molecular formula is C21H24N4O2. The predicted molar refractivity (Wildman–Crippen MR) is 106 cm³/mol. The molecule has 4 rings (SSSR count). The summed E-state index contributed by atoms with van der Waals surface area (Å²) in [6, 6.07) is 12.0. The highest BCUT2D eigenvalue weighted by atomic mass is 16.5. The van der Waals surface area contributed by atoms with E-state index >= 15 is 0 Å². The molecular weight excluding hydrogens is 340 g/mol. The number of nitrogens with one attached hydrogen (secondary N) is 3. The number of aromatic nitrogens is 2. The number of hydrogen-bond acceptors (Lipinski definition) is 4. The number of nitrogens with zero attached hydrogens (tertiary/aromatic N) is 1. The lowest BCUT2D eigenvalue weighted by atomic mass is 9.95. The molecule has 140 valence electrons. The van der Waals surface area contributed by atoms with Gasteiger partial charge in [0.15, 0.2) is 0 Å². The number of rotatable bonds is 5. The van der Waals surface area contributed by atoms with Crippen LogP contribution in [0.15, 0.2) is 42.6 Å². The van der Waals surface area contributed by atoms with Crippen molar-refractivity contribution in [1.82, 2.24) is 15.3 Å². The van der Waals surface area contributed by atoms with Crippen LogP contribution in [0.2, 0.25) is 0 Å². The number of ether oxygens (including phenoxy) is 1. The summed E-state index contributed by atoms with van der Waals surface area (Å²) in [4.78, 5) is 19.2. The number of anilines is 1. The third-order valence-electron chi connectivity index (χ3n) is 4.99. The Hall–Kier alpha value is -3.02. The lowest BCUT2D eigenvalue weighted by molar-refractivity contribution is 0.0958. The Morgan fingerprint density at radius 3 is 2.74 bits per heavy atom. The minimum absolute atomic E-state index is 0.237. The van der Waals surface area contributed by atoms with Crippen molar-refractivity contribution in [3.05, 3.63) is 48.3 Å². The van der Waals surface area contributed by atoms with E-state index in [0.717, 1.165) is 16.7 Å². The predicted octanol–water partition coefficient (Wildman–Crippen LogP) is 4.46. The van der Waals surface area contributed by atoms with Crippen LogP contribution >= 0.6 is 0 Å². The number of carbonyl (C=O) groups is 1. The van der Waals surface area contributed by atoms with E-state index in [2.05, 4.69) is 26.7 Å². The lowest BCUT2D eigenvalue weighted by Gasteiger charge is -2.22. The molecule has 1 fully saturated rings. The Kier molecular flexibility index (Phi) is 4.96. The third-order valence-corrected chi connectivity index (χ3v) is 4.99. The van der Waals surface area contributed by atoms with Crippen LogP contribution in [0.25, 0.3) is 10.9 Å². The summed E-state index contributed by atoms with van der Waals surface area (Å²) in [6.07, 6.45) is 8.00. The summed E-state index contributed by atoms with van der Waals surface area (Å²) >= 11 is 0. The van der Waals surface area contributed by atoms with Gasteiger partial charge in [-0.3, -0.25) is 9.78 Å². The highest BCUT2D eigenvalue weighted by molar-refractivity contribution is 5.92. The van der Waals surface area contributed by atoms with E-state index in [4.69, 9.17) is 4.74 Å². The van der Waals surface area contributed by atoms with Crippen molar-refractivity contribution in [3.63, 3.8) is 0 Å². The molecule has 1 aliphatic rings. The highest BCUT2D eigenvalue weighted by Gasteiger charge is 2.14. The normalized spacial score (nSPS) is 14.9. The first-order valence-electron chi connectivity index (χ1n) is 9.46. The van der Waals surface area contributed by atoms with Gasteiger partial charge in [-0.05, 0) is 37.1 Å². The van der Waals surface area contributed by atoms with Crippen LogP contribution in [0.1, 0.15) is 42.6 Å². The number of benzene rings is 1. The van der Waals surface area contributed by atoms with Gasteiger partial charge >= 0.3 is 0 Å². The lowest BCUT2D eigenvalue weighted by Crippen LogP contribution is -2.22. The van der Waals surface area contributed by atoms with Gasteiger partial charge < -0.3 is 20.4 Å². The maximum absolute atomic E-state index is 11.7. The van der Waals surface area contributed by atoms with E-state index < -0.39 is 0 Å². The van der Waals surface area contributed by atoms with E-state index in [9.17, 15) is 4.79 Å². The number of carbonyl (C=O) groups excluding carboxylic acids is 1. The number of amides is 1. The Bertz CT molecular complexity index is 944. The molecule has 0 atom stereocenters. The van der Waals surface area contributed by atoms with Crippen LogP contribution < -0.4 is 15.4 Å². The number of aromatic amines is 1. The van der Waals surface area contributed by atoms with Crippen LogP contribution in [-0.2, 0) is 0 Å². The van der Waals surface area contributed by atoms with Crippen LogP contribution in [-0.4, -0.2) is 29.0 Å². The first-order valence-corrected chi connectivity index (χ1v) is 9.46. The van der Waals surface area contributed by atoms with E-state index in [-0.39, 0.29) is 5.91 Å². The summed E-state index contributed by atoms with van der Waals surface area (Å²) in [5, 5.41) is 7.32. The van der Waals surface area contributed by atoms with Crippen molar-refractivity contribution in [2.45, 2.75) is 38.1 Å². The zero-order chi connectivity index (χ0) is 18.6. The van der Waals surface area contributed by atoms with E-state index in [0.29, 0.717) is 23.2 Å². The van der Waals surface area contributed by atoms with Crippen LogP contribution in [0.3, 0.4) is 0 Å². The Labute approximate surface area is 158 Å². The van der Waals surface area contributed by atoms with Gasteiger partial charge in [-0.25, -0.2) is 0 Å². The average Bonchev–Trinajstić information content (AvgIpc) is 3.10. The van der Waals surface area contributed by atoms with Crippen molar-refractivity contribution in [2.75, 3.05) is 12.4 Å². The van der Waals surface area contributed by atoms with Gasteiger partial charge in [-0.2, -0.15) is 0 Å². The summed E-state index contributed by atoms with van der Waals surface area (Å²) in [5.74, 6) is 2.11. The largest absolute Gasteiger partial charge is 0.457 e. The Morgan fingerprint density at radius 2 is 1.93 bits per heavy atom. The van der Waals surface area contributed by atoms with Crippen LogP contribution in [0.5, 0.6) is 11.5 Å². The molecule has 3 N–H and O–H groups in total. The number of H-pyrrole nitrogens is 1. The molecule has 0 saturated heterocycles. The standard InChI is InChI=1S/C21H24N4O2/c1-22-21(26)19-13-17(9-10-23-19)27-16-8-7-14-11-20(25-18(14)12-16)24-15-5-3-2-4-6-15/h7-13,15,24-25H,2-6H2,1H3,(H,22,26). The molecule has 2 aromatic heterocycles. The summed E-state index contributed by atoms with van der Waals surface area (Å²) in [7, 11) is 1.58. The number of hydrogen-bond donors (Lipinski definition) is 3.